The van der Waals surface area contributed by atoms with Crippen LogP contribution in [-0.4, -0.2) is 32.0 Å². The van der Waals surface area contributed by atoms with Gasteiger partial charge in [-0.15, -0.1) is 0 Å². The van der Waals surface area contributed by atoms with Crippen molar-refractivity contribution in [1.82, 2.24) is 5.32 Å². The van der Waals surface area contributed by atoms with Gasteiger partial charge in [-0.2, -0.15) is 0 Å². The van der Waals surface area contributed by atoms with Gasteiger partial charge < -0.3 is 15.5 Å². The van der Waals surface area contributed by atoms with Gasteiger partial charge in [0.1, 0.15) is 0 Å². The predicted molar refractivity (Wildman–Crippen MR) is 105 cm³/mol. The molecule has 138 valence electrons. The first-order chi connectivity index (χ1) is 12.3. The van der Waals surface area contributed by atoms with Crippen molar-refractivity contribution in [3.8, 4) is 0 Å². The lowest BCUT2D eigenvalue weighted by molar-refractivity contribution is -0.862. The highest BCUT2D eigenvalue weighted by atomic mass is 35.5. The smallest absolute Gasteiger partial charge is 0.279 e. The lowest BCUT2D eigenvalue weighted by atomic mass is 10.1. The molecule has 2 atom stereocenters. The Balaban J connectivity index is 1.80. The van der Waals surface area contributed by atoms with E-state index < -0.39 is 0 Å². The van der Waals surface area contributed by atoms with E-state index in [0.717, 1.165) is 10.5 Å². The maximum atomic E-state index is 12.2. The molecule has 0 spiro atoms. The molecule has 0 bridgehead atoms. The van der Waals surface area contributed by atoms with Crippen molar-refractivity contribution in [3.63, 3.8) is 0 Å². The molecule has 2 aromatic carbocycles. The number of benzene rings is 2. The van der Waals surface area contributed by atoms with Crippen LogP contribution >= 0.6 is 23.2 Å². The number of hydrogen-bond acceptors (Lipinski definition) is 2. The Labute approximate surface area is 163 Å². The minimum atomic E-state index is -0.202. The van der Waals surface area contributed by atoms with Crippen LogP contribution in [0.1, 0.15) is 18.5 Å². The Bertz CT molecular complexity index is 766. The Hall–Kier alpha value is -2.08. The standard InChI is InChI=1S/C19H21Cl2N3O2/c1-13(16-5-3-4-6-17(16)21)22-18(25)11-24(2)12-19(26)23-15-9-7-14(20)8-10-15/h3-10,13H,11-12H2,1-2H3,(H,22,25)(H,23,26)/p+1/t13-/m1/s1. The molecule has 26 heavy (non-hydrogen) atoms. The van der Waals surface area contributed by atoms with Crippen LogP contribution in [0.5, 0.6) is 0 Å². The van der Waals surface area contributed by atoms with Crippen LogP contribution in [0.15, 0.2) is 48.5 Å². The van der Waals surface area contributed by atoms with Gasteiger partial charge in [-0.25, -0.2) is 0 Å². The van der Waals surface area contributed by atoms with Crippen LogP contribution in [-0.2, 0) is 9.59 Å². The second-order valence-corrected chi connectivity index (χ2v) is 7.02. The number of halogens is 2. The fourth-order valence-corrected chi connectivity index (χ4v) is 2.97. The summed E-state index contributed by atoms with van der Waals surface area (Å²) >= 11 is 12.0. The van der Waals surface area contributed by atoms with E-state index in [1.807, 2.05) is 25.1 Å². The molecular formula is C19H22Cl2N3O2+. The Morgan fingerprint density at radius 3 is 2.27 bits per heavy atom. The van der Waals surface area contributed by atoms with Crippen molar-refractivity contribution < 1.29 is 14.5 Å². The lowest BCUT2D eigenvalue weighted by Crippen LogP contribution is -3.11. The topological polar surface area (TPSA) is 62.6 Å². The summed E-state index contributed by atoms with van der Waals surface area (Å²) in [4.78, 5) is 25.0. The summed E-state index contributed by atoms with van der Waals surface area (Å²) in [6.07, 6.45) is 0. The van der Waals surface area contributed by atoms with Crippen LogP contribution in [0.4, 0.5) is 5.69 Å². The molecule has 2 aromatic rings. The maximum absolute atomic E-state index is 12.2. The number of nitrogens with one attached hydrogen (secondary N) is 3. The molecule has 0 radical (unpaired) electrons. The summed E-state index contributed by atoms with van der Waals surface area (Å²) in [6.45, 7) is 2.24. The van der Waals surface area contributed by atoms with Gasteiger partial charge in [-0.1, -0.05) is 41.4 Å². The SMILES string of the molecule is C[C@@H](NC(=O)C[NH+](C)CC(=O)Nc1ccc(Cl)cc1)c1ccccc1Cl. The Kier molecular flexibility index (Phi) is 7.45. The van der Waals surface area contributed by atoms with Crippen molar-refractivity contribution >= 4 is 40.7 Å². The zero-order chi connectivity index (χ0) is 19.1. The van der Waals surface area contributed by atoms with Crippen LogP contribution in [0.2, 0.25) is 10.0 Å². The van der Waals surface area contributed by atoms with Crippen LogP contribution < -0.4 is 15.5 Å². The van der Waals surface area contributed by atoms with Crippen molar-refractivity contribution in [2.24, 2.45) is 0 Å². The number of carbonyl (C=O) groups excluding carboxylic acids is 2. The third-order valence-corrected chi connectivity index (χ3v) is 4.40. The van der Waals surface area contributed by atoms with E-state index in [1.165, 1.54) is 0 Å². The fraction of sp³-hybridized carbons (Fsp3) is 0.263. The minimum absolute atomic E-state index is 0.144. The van der Waals surface area contributed by atoms with Gasteiger partial charge in [0, 0.05) is 15.7 Å². The van der Waals surface area contributed by atoms with Gasteiger partial charge in [0.05, 0.1) is 13.1 Å². The number of rotatable bonds is 7. The highest BCUT2D eigenvalue weighted by Gasteiger charge is 2.17. The van der Waals surface area contributed by atoms with E-state index >= 15 is 0 Å². The molecule has 2 rings (SSSR count). The van der Waals surface area contributed by atoms with Gasteiger partial charge in [0.2, 0.25) is 0 Å². The first-order valence-electron chi connectivity index (χ1n) is 8.25. The minimum Gasteiger partial charge on any atom is -0.345 e. The zero-order valence-electron chi connectivity index (χ0n) is 14.7. The van der Waals surface area contributed by atoms with E-state index in [0.29, 0.717) is 15.7 Å². The largest absolute Gasteiger partial charge is 0.345 e. The number of carbonyl (C=O) groups is 2. The van der Waals surface area contributed by atoms with E-state index in [4.69, 9.17) is 23.2 Å². The highest BCUT2D eigenvalue weighted by Crippen LogP contribution is 2.21. The van der Waals surface area contributed by atoms with E-state index in [2.05, 4.69) is 10.6 Å². The number of likely N-dealkylation sites (N-methyl/N-ethyl adjacent to an activating group) is 1. The molecule has 0 aliphatic heterocycles. The third kappa shape index (κ3) is 6.33. The second kappa shape index (κ2) is 9.57. The highest BCUT2D eigenvalue weighted by molar-refractivity contribution is 6.31. The first kappa shape index (κ1) is 20.2. The molecule has 3 N–H and O–H groups in total. The Morgan fingerprint density at radius 2 is 1.62 bits per heavy atom. The fourth-order valence-electron chi connectivity index (χ4n) is 2.55. The predicted octanol–water partition coefficient (Wildman–Crippen LogP) is 2.32. The third-order valence-electron chi connectivity index (χ3n) is 3.80. The normalized spacial score (nSPS) is 12.9. The van der Waals surface area contributed by atoms with Crippen LogP contribution in [0, 0.1) is 0 Å². The van der Waals surface area contributed by atoms with Gasteiger partial charge in [-0.3, -0.25) is 9.59 Å². The average molecular weight is 395 g/mol. The van der Waals surface area contributed by atoms with Gasteiger partial charge >= 0.3 is 0 Å². The van der Waals surface area contributed by atoms with Crippen molar-refractivity contribution in [2.75, 3.05) is 25.5 Å². The van der Waals surface area contributed by atoms with Crippen molar-refractivity contribution in [2.45, 2.75) is 13.0 Å². The summed E-state index contributed by atoms with van der Waals surface area (Å²) in [7, 11) is 1.79. The molecule has 0 aromatic heterocycles. The number of quaternary nitrogens is 1. The summed E-state index contributed by atoms with van der Waals surface area (Å²) < 4.78 is 0. The van der Waals surface area contributed by atoms with E-state index in [1.54, 1.807) is 37.4 Å². The maximum Gasteiger partial charge on any atom is 0.279 e. The van der Waals surface area contributed by atoms with Gasteiger partial charge in [-0.05, 0) is 42.8 Å². The van der Waals surface area contributed by atoms with E-state index in [9.17, 15) is 9.59 Å². The van der Waals surface area contributed by atoms with Crippen molar-refractivity contribution in [1.29, 1.82) is 0 Å². The zero-order valence-corrected chi connectivity index (χ0v) is 16.2. The molecule has 5 nitrogen and oxygen atoms in total. The number of amides is 2. The molecule has 0 fully saturated rings. The van der Waals surface area contributed by atoms with Crippen LogP contribution in [0.25, 0.3) is 0 Å². The molecular weight excluding hydrogens is 373 g/mol. The van der Waals surface area contributed by atoms with Crippen molar-refractivity contribution in [3.05, 3.63) is 64.1 Å². The molecule has 1 unspecified atom stereocenters. The summed E-state index contributed by atoms with van der Waals surface area (Å²) in [6, 6.07) is 14.1. The molecule has 0 aliphatic carbocycles. The monoisotopic (exact) mass is 394 g/mol. The molecule has 0 heterocycles. The first-order valence-corrected chi connectivity index (χ1v) is 9.01. The Morgan fingerprint density at radius 1 is 1.00 bits per heavy atom. The molecule has 2 amide bonds. The molecule has 0 aliphatic rings. The quantitative estimate of drug-likeness (QED) is 0.674. The molecule has 0 saturated carbocycles. The number of anilines is 1. The molecule has 7 heteroatoms. The lowest BCUT2D eigenvalue weighted by Gasteiger charge is -2.18. The second-order valence-electron chi connectivity index (χ2n) is 6.18. The molecule has 0 saturated heterocycles. The van der Waals surface area contributed by atoms with E-state index in [-0.39, 0.29) is 30.9 Å². The summed E-state index contributed by atoms with van der Waals surface area (Å²) in [5, 5.41) is 6.91. The van der Waals surface area contributed by atoms with Gasteiger partial charge in [0.25, 0.3) is 11.8 Å². The average Bonchev–Trinajstić information content (AvgIpc) is 2.56. The van der Waals surface area contributed by atoms with Gasteiger partial charge in [0.15, 0.2) is 13.1 Å². The van der Waals surface area contributed by atoms with Crippen LogP contribution in [0.3, 0.4) is 0 Å². The number of hydrogen-bond donors (Lipinski definition) is 3. The summed E-state index contributed by atoms with van der Waals surface area (Å²) in [5.74, 6) is -0.314. The summed E-state index contributed by atoms with van der Waals surface area (Å²) in [5.41, 5.74) is 1.53.